The fourth-order valence-electron chi connectivity index (χ4n) is 2.71. The van der Waals surface area contributed by atoms with E-state index in [2.05, 4.69) is 51.3 Å². The molecule has 1 unspecified atom stereocenters. The summed E-state index contributed by atoms with van der Waals surface area (Å²) >= 11 is 0. The molecule has 1 N–H and O–H groups in total. The van der Waals surface area contributed by atoms with Crippen molar-refractivity contribution in [2.24, 2.45) is 5.92 Å². The van der Waals surface area contributed by atoms with Crippen molar-refractivity contribution in [2.75, 3.05) is 7.05 Å². The molecule has 0 saturated heterocycles. The lowest BCUT2D eigenvalue weighted by atomic mass is 9.74. The molecule has 88 valence electrons. The van der Waals surface area contributed by atoms with E-state index in [1.54, 1.807) is 11.1 Å². The molecule has 1 aromatic rings. The summed E-state index contributed by atoms with van der Waals surface area (Å²) in [6.45, 7) is 6.82. The van der Waals surface area contributed by atoms with Crippen LogP contribution in [0.3, 0.4) is 0 Å². The fourth-order valence-corrected chi connectivity index (χ4v) is 2.71. The molecule has 0 heterocycles. The summed E-state index contributed by atoms with van der Waals surface area (Å²) in [7, 11) is 2.08. The molecule has 1 aliphatic rings. The largest absolute Gasteiger partial charge is 0.315 e. The molecule has 0 aliphatic heterocycles. The van der Waals surface area contributed by atoms with Crippen LogP contribution in [-0.4, -0.2) is 12.6 Å². The summed E-state index contributed by atoms with van der Waals surface area (Å²) < 4.78 is 0. The molecule has 0 saturated carbocycles. The number of benzene rings is 1. The second-order valence-corrected chi connectivity index (χ2v) is 5.68. The van der Waals surface area contributed by atoms with Gasteiger partial charge in [-0.25, -0.2) is 0 Å². The van der Waals surface area contributed by atoms with Crippen molar-refractivity contribution in [3.05, 3.63) is 34.9 Å². The number of rotatable bonds is 2. The van der Waals surface area contributed by atoms with E-state index < -0.39 is 0 Å². The maximum Gasteiger partial charge on any atom is 0.0153 e. The van der Waals surface area contributed by atoms with Gasteiger partial charge in [-0.3, -0.25) is 0 Å². The monoisotopic (exact) mass is 217 g/mol. The van der Waals surface area contributed by atoms with Gasteiger partial charge in [0.05, 0.1) is 0 Å². The Morgan fingerprint density at radius 2 is 2.00 bits per heavy atom. The van der Waals surface area contributed by atoms with E-state index in [9.17, 15) is 0 Å². The molecular weight excluding hydrogens is 194 g/mol. The highest BCUT2D eigenvalue weighted by Gasteiger charge is 2.30. The first kappa shape index (κ1) is 11.7. The van der Waals surface area contributed by atoms with Crippen LogP contribution in [0.25, 0.3) is 0 Å². The van der Waals surface area contributed by atoms with Crippen molar-refractivity contribution in [3.8, 4) is 0 Å². The average molecular weight is 217 g/mol. The second kappa shape index (κ2) is 4.21. The Balaban J connectivity index is 2.23. The minimum atomic E-state index is 0.251. The first-order valence-electron chi connectivity index (χ1n) is 6.30. The number of nitrogens with one attached hydrogen (secondary N) is 1. The smallest absolute Gasteiger partial charge is 0.0153 e. The van der Waals surface area contributed by atoms with Crippen LogP contribution in [0.15, 0.2) is 18.2 Å². The second-order valence-electron chi connectivity index (χ2n) is 5.68. The van der Waals surface area contributed by atoms with Gasteiger partial charge in [-0.2, -0.15) is 0 Å². The fraction of sp³-hybridized carbons (Fsp3) is 0.600. The van der Waals surface area contributed by atoms with Gasteiger partial charge in [-0.1, -0.05) is 23.8 Å². The average Bonchev–Trinajstić information content (AvgIpc) is 2.28. The van der Waals surface area contributed by atoms with Gasteiger partial charge in [0.2, 0.25) is 0 Å². The molecule has 0 spiro atoms. The summed E-state index contributed by atoms with van der Waals surface area (Å²) in [5, 5.41) is 3.46. The molecule has 2 rings (SSSR count). The van der Waals surface area contributed by atoms with Gasteiger partial charge >= 0.3 is 0 Å². The Labute approximate surface area is 99.3 Å². The van der Waals surface area contributed by atoms with E-state index in [1.165, 1.54) is 24.8 Å². The lowest BCUT2D eigenvalue weighted by molar-refractivity contribution is 0.244. The van der Waals surface area contributed by atoms with E-state index in [-0.39, 0.29) is 5.54 Å². The highest BCUT2D eigenvalue weighted by atomic mass is 14.9. The van der Waals surface area contributed by atoms with Crippen molar-refractivity contribution in [1.82, 2.24) is 5.32 Å². The zero-order chi connectivity index (χ0) is 11.8. The molecule has 0 radical (unpaired) electrons. The third-order valence-electron chi connectivity index (χ3n) is 4.26. The topological polar surface area (TPSA) is 12.0 Å². The molecule has 1 nitrogen and oxygen atoms in total. The quantitative estimate of drug-likeness (QED) is 0.802. The normalized spacial score (nSPS) is 20.6. The van der Waals surface area contributed by atoms with Gasteiger partial charge in [0.1, 0.15) is 0 Å². The number of fused-ring (bicyclic) bond motifs is 1. The van der Waals surface area contributed by atoms with Crippen LogP contribution in [0, 0.1) is 12.8 Å². The van der Waals surface area contributed by atoms with Crippen LogP contribution in [0.4, 0.5) is 0 Å². The van der Waals surface area contributed by atoms with E-state index >= 15 is 0 Å². The number of hydrogen-bond acceptors (Lipinski definition) is 1. The number of aryl methyl sites for hydroxylation is 2. The molecule has 0 fully saturated rings. The number of hydrogen-bond donors (Lipinski definition) is 1. The first-order valence-corrected chi connectivity index (χ1v) is 6.30. The summed E-state index contributed by atoms with van der Waals surface area (Å²) in [6, 6.07) is 6.92. The van der Waals surface area contributed by atoms with Gasteiger partial charge in [0, 0.05) is 5.54 Å². The third kappa shape index (κ3) is 2.15. The Morgan fingerprint density at radius 3 is 2.69 bits per heavy atom. The minimum absolute atomic E-state index is 0.251. The van der Waals surface area contributed by atoms with Crippen LogP contribution in [-0.2, 0) is 12.8 Å². The van der Waals surface area contributed by atoms with Crippen LogP contribution >= 0.6 is 0 Å². The Hall–Kier alpha value is -0.820. The van der Waals surface area contributed by atoms with Crippen molar-refractivity contribution in [3.63, 3.8) is 0 Å². The van der Waals surface area contributed by atoms with E-state index in [1.807, 2.05) is 0 Å². The molecule has 0 bridgehead atoms. The van der Waals surface area contributed by atoms with Crippen molar-refractivity contribution in [2.45, 2.75) is 45.6 Å². The summed E-state index contributed by atoms with van der Waals surface area (Å²) in [5.41, 5.74) is 4.77. The van der Waals surface area contributed by atoms with Gasteiger partial charge in [-0.15, -0.1) is 0 Å². The standard InChI is InChI=1S/C15H23N/c1-11-5-6-12-7-8-14(10-13(12)9-11)15(2,3)16-4/h5-6,9,14,16H,7-8,10H2,1-4H3. The molecular formula is C15H23N. The molecule has 1 aromatic carbocycles. The summed E-state index contributed by atoms with van der Waals surface area (Å²) in [4.78, 5) is 0. The van der Waals surface area contributed by atoms with Crippen LogP contribution in [0.2, 0.25) is 0 Å². The molecule has 0 amide bonds. The van der Waals surface area contributed by atoms with Crippen molar-refractivity contribution < 1.29 is 0 Å². The van der Waals surface area contributed by atoms with Crippen LogP contribution < -0.4 is 5.32 Å². The zero-order valence-corrected chi connectivity index (χ0v) is 10.9. The van der Waals surface area contributed by atoms with E-state index in [4.69, 9.17) is 0 Å². The Kier molecular flexibility index (Phi) is 3.07. The highest BCUT2D eigenvalue weighted by molar-refractivity contribution is 5.34. The van der Waals surface area contributed by atoms with Crippen LogP contribution in [0.1, 0.15) is 37.0 Å². The molecule has 0 aromatic heterocycles. The molecule has 16 heavy (non-hydrogen) atoms. The summed E-state index contributed by atoms with van der Waals surface area (Å²) in [6.07, 6.45) is 3.78. The van der Waals surface area contributed by atoms with E-state index in [0.29, 0.717) is 0 Å². The zero-order valence-electron chi connectivity index (χ0n) is 10.9. The van der Waals surface area contributed by atoms with Crippen molar-refractivity contribution in [1.29, 1.82) is 0 Å². The lowest BCUT2D eigenvalue weighted by Gasteiger charge is -2.37. The highest BCUT2D eigenvalue weighted by Crippen LogP contribution is 2.32. The maximum absolute atomic E-state index is 3.46. The molecule has 1 heteroatoms. The van der Waals surface area contributed by atoms with Gasteiger partial charge in [-0.05, 0) is 64.1 Å². The van der Waals surface area contributed by atoms with Crippen molar-refractivity contribution >= 4 is 0 Å². The molecule has 1 atom stereocenters. The predicted molar refractivity (Wildman–Crippen MR) is 69.8 cm³/mol. The van der Waals surface area contributed by atoms with Crippen LogP contribution in [0.5, 0.6) is 0 Å². The minimum Gasteiger partial charge on any atom is -0.315 e. The molecule has 1 aliphatic carbocycles. The predicted octanol–water partition coefficient (Wildman–Crippen LogP) is 3.10. The van der Waals surface area contributed by atoms with Gasteiger partial charge in [0.25, 0.3) is 0 Å². The van der Waals surface area contributed by atoms with Gasteiger partial charge in [0.15, 0.2) is 0 Å². The first-order chi connectivity index (χ1) is 7.53. The Bertz CT molecular complexity index is 379. The van der Waals surface area contributed by atoms with E-state index in [0.717, 1.165) is 5.92 Å². The maximum atomic E-state index is 3.46. The summed E-state index contributed by atoms with van der Waals surface area (Å²) in [5.74, 6) is 0.756. The Morgan fingerprint density at radius 1 is 1.25 bits per heavy atom. The SMILES string of the molecule is CNC(C)(C)C1CCc2ccc(C)cc2C1. The van der Waals surface area contributed by atoms with Gasteiger partial charge < -0.3 is 5.32 Å². The third-order valence-corrected chi connectivity index (χ3v) is 4.26. The lowest BCUT2D eigenvalue weighted by Crippen LogP contribution is -2.46.